The number of rotatable bonds is 6. The number of nitrogens with zero attached hydrogens (tertiary/aromatic N) is 2. The molecular weight excluding hydrogens is 633 g/mol. The van der Waals surface area contributed by atoms with Crippen molar-refractivity contribution in [1.82, 2.24) is 4.98 Å². The van der Waals surface area contributed by atoms with E-state index in [1.807, 2.05) is 36.4 Å². The van der Waals surface area contributed by atoms with E-state index >= 15 is 0 Å². The Morgan fingerprint density at radius 2 is 0.885 bits per heavy atom. The van der Waals surface area contributed by atoms with E-state index < -0.39 is 0 Å². The van der Waals surface area contributed by atoms with Gasteiger partial charge in [-0.15, -0.1) is 0 Å². The number of fused-ring (bicyclic) bond motifs is 5. The van der Waals surface area contributed by atoms with E-state index in [1.165, 1.54) is 32.7 Å². The SMILES string of the molecule is c1ccc(-c2nc3c(ccc4ccc(-c5ccc6ccc(N(c7ccccc7)c7ccc(-c8ccc9ccccc9c8)cc7)cc6c5)cc43)o2)cc1. The molecule has 0 unspecified atom stereocenters. The molecule has 0 aliphatic rings. The lowest BCUT2D eigenvalue weighted by Gasteiger charge is -2.26. The fourth-order valence-electron chi connectivity index (χ4n) is 7.34. The van der Waals surface area contributed by atoms with Gasteiger partial charge in [0.2, 0.25) is 5.89 Å². The zero-order chi connectivity index (χ0) is 34.4. The van der Waals surface area contributed by atoms with E-state index in [9.17, 15) is 0 Å². The number of para-hydroxylation sites is 1. The van der Waals surface area contributed by atoms with Crippen LogP contribution in [0.15, 0.2) is 199 Å². The van der Waals surface area contributed by atoms with Crippen LogP contribution in [-0.4, -0.2) is 4.98 Å². The first-order valence-electron chi connectivity index (χ1n) is 17.6. The molecule has 0 spiro atoms. The maximum atomic E-state index is 6.20. The van der Waals surface area contributed by atoms with Gasteiger partial charge >= 0.3 is 0 Å². The first kappa shape index (κ1) is 29.9. The zero-order valence-electron chi connectivity index (χ0n) is 28.3. The Balaban J connectivity index is 1.03. The number of aromatic nitrogens is 1. The van der Waals surface area contributed by atoms with Crippen molar-refractivity contribution in [2.45, 2.75) is 0 Å². The molecule has 0 fully saturated rings. The first-order chi connectivity index (χ1) is 25.7. The van der Waals surface area contributed by atoms with E-state index in [-0.39, 0.29) is 0 Å². The van der Waals surface area contributed by atoms with E-state index in [0.717, 1.165) is 55.6 Å². The van der Waals surface area contributed by atoms with Crippen LogP contribution < -0.4 is 4.90 Å². The Bertz CT molecular complexity index is 2890. The normalized spacial score (nSPS) is 11.5. The van der Waals surface area contributed by atoms with Crippen LogP contribution in [0.25, 0.3) is 77.1 Å². The third kappa shape index (κ3) is 5.37. The van der Waals surface area contributed by atoms with E-state index in [1.54, 1.807) is 0 Å². The molecule has 0 N–H and O–H groups in total. The molecule has 0 aliphatic heterocycles. The lowest BCUT2D eigenvalue weighted by molar-refractivity contribution is 0.620. The van der Waals surface area contributed by atoms with Crippen LogP contribution in [0.5, 0.6) is 0 Å². The first-order valence-corrected chi connectivity index (χ1v) is 17.6. The molecule has 0 saturated heterocycles. The monoisotopic (exact) mass is 664 g/mol. The molecule has 3 heteroatoms. The summed E-state index contributed by atoms with van der Waals surface area (Å²) in [6, 6.07) is 69.0. The molecule has 0 amide bonds. The topological polar surface area (TPSA) is 29.3 Å². The second-order valence-corrected chi connectivity index (χ2v) is 13.3. The molecular formula is C49H32N2O. The van der Waals surface area contributed by atoms with Gasteiger partial charge in [0.05, 0.1) is 0 Å². The minimum Gasteiger partial charge on any atom is -0.436 e. The fourth-order valence-corrected chi connectivity index (χ4v) is 7.34. The average molecular weight is 665 g/mol. The number of benzene rings is 9. The van der Waals surface area contributed by atoms with Crippen LogP contribution >= 0.6 is 0 Å². The van der Waals surface area contributed by atoms with Gasteiger partial charge in [-0.25, -0.2) is 4.98 Å². The van der Waals surface area contributed by atoms with Crippen molar-refractivity contribution >= 4 is 60.5 Å². The predicted molar refractivity (Wildman–Crippen MR) is 218 cm³/mol. The Hall–Kier alpha value is -6.97. The van der Waals surface area contributed by atoms with Gasteiger partial charge < -0.3 is 9.32 Å². The molecule has 0 atom stereocenters. The summed E-state index contributed by atoms with van der Waals surface area (Å²) in [4.78, 5) is 7.28. The highest BCUT2D eigenvalue weighted by atomic mass is 16.3. The number of anilines is 3. The second-order valence-electron chi connectivity index (χ2n) is 13.3. The second kappa shape index (κ2) is 12.4. The molecule has 9 aromatic carbocycles. The molecule has 1 heterocycles. The van der Waals surface area contributed by atoms with Crippen molar-refractivity contribution in [2.24, 2.45) is 0 Å². The maximum Gasteiger partial charge on any atom is 0.227 e. The molecule has 10 rings (SSSR count). The van der Waals surface area contributed by atoms with Crippen molar-refractivity contribution in [1.29, 1.82) is 0 Å². The lowest BCUT2D eigenvalue weighted by Crippen LogP contribution is -2.09. The van der Waals surface area contributed by atoms with Crippen LogP contribution in [0.2, 0.25) is 0 Å². The highest BCUT2D eigenvalue weighted by Gasteiger charge is 2.15. The Labute approximate surface area is 301 Å². The summed E-state index contributed by atoms with van der Waals surface area (Å²) in [6.45, 7) is 0. The molecule has 52 heavy (non-hydrogen) atoms. The van der Waals surface area contributed by atoms with Crippen molar-refractivity contribution in [3.8, 4) is 33.7 Å². The fraction of sp³-hybridized carbons (Fsp3) is 0. The van der Waals surface area contributed by atoms with Crippen LogP contribution in [0.3, 0.4) is 0 Å². The minimum absolute atomic E-state index is 0.637. The third-order valence-corrected chi connectivity index (χ3v) is 10.0. The van der Waals surface area contributed by atoms with E-state index in [0.29, 0.717) is 5.89 Å². The Kier molecular flexibility index (Phi) is 7.14. The summed E-state index contributed by atoms with van der Waals surface area (Å²) in [5.41, 5.74) is 10.7. The lowest BCUT2D eigenvalue weighted by atomic mass is 9.97. The van der Waals surface area contributed by atoms with Crippen molar-refractivity contribution in [3.63, 3.8) is 0 Å². The van der Waals surface area contributed by atoms with Gasteiger partial charge in [0.15, 0.2) is 5.58 Å². The minimum atomic E-state index is 0.637. The van der Waals surface area contributed by atoms with Crippen molar-refractivity contribution < 1.29 is 4.42 Å². The zero-order valence-corrected chi connectivity index (χ0v) is 28.3. The Morgan fingerprint density at radius 1 is 0.346 bits per heavy atom. The van der Waals surface area contributed by atoms with Gasteiger partial charge in [-0.3, -0.25) is 0 Å². The van der Waals surface area contributed by atoms with Crippen molar-refractivity contribution in [2.75, 3.05) is 4.90 Å². The molecule has 3 nitrogen and oxygen atoms in total. The largest absolute Gasteiger partial charge is 0.436 e. The highest BCUT2D eigenvalue weighted by molar-refractivity contribution is 6.06. The van der Waals surface area contributed by atoms with E-state index in [4.69, 9.17) is 9.40 Å². The average Bonchev–Trinajstić information content (AvgIpc) is 3.67. The van der Waals surface area contributed by atoms with Gasteiger partial charge in [0.25, 0.3) is 0 Å². The number of hydrogen-bond acceptors (Lipinski definition) is 3. The van der Waals surface area contributed by atoms with Crippen LogP contribution in [0, 0.1) is 0 Å². The number of oxazole rings is 1. The molecule has 1 aromatic heterocycles. The summed E-state index contributed by atoms with van der Waals surface area (Å²) >= 11 is 0. The standard InChI is InChI=1S/C49H32N2O/c1-3-10-37(11-4-1)49-50-48-46-32-41(20-17-36(46)24-28-47(48)52-49)40-19-16-35-23-27-45(31-42(35)30-40)51(43-13-5-2-6-14-43)44-25-21-34(22-26-44)39-18-15-33-9-7-8-12-38(33)29-39/h1-32H. The van der Waals surface area contributed by atoms with Gasteiger partial charge in [-0.2, -0.15) is 0 Å². The summed E-state index contributed by atoms with van der Waals surface area (Å²) in [7, 11) is 0. The predicted octanol–water partition coefficient (Wildman–Crippen LogP) is 13.8. The van der Waals surface area contributed by atoms with Gasteiger partial charge in [-0.1, -0.05) is 121 Å². The molecule has 0 saturated carbocycles. The molecule has 0 bridgehead atoms. The molecule has 0 aliphatic carbocycles. The van der Waals surface area contributed by atoms with Gasteiger partial charge in [0, 0.05) is 28.0 Å². The quantitative estimate of drug-likeness (QED) is 0.177. The Morgan fingerprint density at radius 3 is 1.67 bits per heavy atom. The molecule has 0 radical (unpaired) electrons. The summed E-state index contributed by atoms with van der Waals surface area (Å²) in [5, 5.41) is 7.09. The van der Waals surface area contributed by atoms with Gasteiger partial charge in [-0.05, 0) is 122 Å². The summed E-state index contributed by atoms with van der Waals surface area (Å²) in [5.74, 6) is 0.637. The molecule has 244 valence electrons. The molecule has 10 aromatic rings. The smallest absolute Gasteiger partial charge is 0.227 e. The van der Waals surface area contributed by atoms with Gasteiger partial charge in [0.1, 0.15) is 5.52 Å². The number of hydrogen-bond donors (Lipinski definition) is 0. The third-order valence-electron chi connectivity index (χ3n) is 10.0. The van der Waals surface area contributed by atoms with Crippen LogP contribution in [0.1, 0.15) is 0 Å². The van der Waals surface area contributed by atoms with Crippen LogP contribution in [-0.2, 0) is 0 Å². The van der Waals surface area contributed by atoms with Crippen LogP contribution in [0.4, 0.5) is 17.1 Å². The van der Waals surface area contributed by atoms with Crippen molar-refractivity contribution in [3.05, 3.63) is 194 Å². The maximum absolute atomic E-state index is 6.20. The summed E-state index contributed by atoms with van der Waals surface area (Å²) < 4.78 is 6.20. The van der Waals surface area contributed by atoms with E-state index in [2.05, 4.69) is 163 Å². The highest BCUT2D eigenvalue weighted by Crippen LogP contribution is 2.39. The summed E-state index contributed by atoms with van der Waals surface area (Å²) in [6.07, 6.45) is 0.